The molecule has 1 aliphatic carbocycles. The van der Waals surface area contributed by atoms with Crippen LogP contribution in [0, 0.1) is 11.3 Å². The first-order valence-electron chi connectivity index (χ1n) is 6.11. The Bertz CT molecular complexity index is 368. The molecule has 0 bridgehead atoms. The molecule has 1 aliphatic rings. The second kappa shape index (κ2) is 4.11. The third-order valence-corrected chi connectivity index (χ3v) is 4.77. The van der Waals surface area contributed by atoms with Crippen molar-refractivity contribution in [3.8, 4) is 0 Å². The number of hydrogen-bond donors (Lipinski definition) is 1. The summed E-state index contributed by atoms with van der Waals surface area (Å²) in [5.74, 6) is 1.69. The average molecular weight is 238 g/mol. The standard InChI is InChI=1S/C13H22N2S/c1-8(2)9(6-14)11-7-16-12(15-11)10-5-13(10,3)4/h7-10H,5-6,14H2,1-4H3. The highest BCUT2D eigenvalue weighted by Gasteiger charge is 2.48. The lowest BCUT2D eigenvalue weighted by Crippen LogP contribution is -2.18. The van der Waals surface area contributed by atoms with Gasteiger partial charge in [0, 0.05) is 23.8 Å². The van der Waals surface area contributed by atoms with Crippen molar-refractivity contribution < 1.29 is 0 Å². The fourth-order valence-corrected chi connectivity index (χ4v) is 3.45. The summed E-state index contributed by atoms with van der Waals surface area (Å²) in [5.41, 5.74) is 7.51. The lowest BCUT2D eigenvalue weighted by molar-refractivity contribution is 0.496. The van der Waals surface area contributed by atoms with E-state index in [1.54, 1.807) is 0 Å². The summed E-state index contributed by atoms with van der Waals surface area (Å²) in [6.07, 6.45) is 1.29. The normalized spacial score (nSPS) is 24.8. The molecule has 0 spiro atoms. The zero-order chi connectivity index (χ0) is 11.9. The molecule has 1 heterocycles. The molecule has 1 fully saturated rings. The molecule has 2 unspecified atom stereocenters. The van der Waals surface area contributed by atoms with E-state index >= 15 is 0 Å². The first-order chi connectivity index (χ1) is 7.45. The summed E-state index contributed by atoms with van der Waals surface area (Å²) in [6.45, 7) is 9.79. The monoisotopic (exact) mass is 238 g/mol. The largest absolute Gasteiger partial charge is 0.330 e. The second-order valence-electron chi connectivity index (χ2n) is 5.94. The Morgan fingerprint density at radius 1 is 1.56 bits per heavy atom. The van der Waals surface area contributed by atoms with Crippen LogP contribution in [0.25, 0.3) is 0 Å². The predicted molar refractivity (Wildman–Crippen MR) is 69.9 cm³/mol. The maximum Gasteiger partial charge on any atom is 0.0964 e. The quantitative estimate of drug-likeness (QED) is 0.873. The van der Waals surface area contributed by atoms with Gasteiger partial charge in [-0.1, -0.05) is 27.7 Å². The minimum absolute atomic E-state index is 0.423. The first kappa shape index (κ1) is 12.1. The van der Waals surface area contributed by atoms with Gasteiger partial charge in [-0.2, -0.15) is 0 Å². The van der Waals surface area contributed by atoms with E-state index in [-0.39, 0.29) is 0 Å². The maximum absolute atomic E-state index is 5.82. The molecule has 2 N–H and O–H groups in total. The van der Waals surface area contributed by atoms with Gasteiger partial charge in [-0.3, -0.25) is 0 Å². The maximum atomic E-state index is 5.82. The highest BCUT2D eigenvalue weighted by molar-refractivity contribution is 7.09. The molecule has 0 aliphatic heterocycles. The number of aromatic nitrogens is 1. The minimum Gasteiger partial charge on any atom is -0.330 e. The molecule has 3 heteroatoms. The highest BCUT2D eigenvalue weighted by Crippen LogP contribution is 2.59. The summed E-state index contributed by atoms with van der Waals surface area (Å²) in [4.78, 5) is 4.80. The predicted octanol–water partition coefficient (Wildman–Crippen LogP) is 3.35. The smallest absolute Gasteiger partial charge is 0.0964 e. The fraction of sp³-hybridized carbons (Fsp3) is 0.769. The minimum atomic E-state index is 0.423. The Kier molecular flexibility index (Phi) is 3.10. The van der Waals surface area contributed by atoms with Crippen LogP contribution in [0.15, 0.2) is 5.38 Å². The van der Waals surface area contributed by atoms with E-state index < -0.39 is 0 Å². The molecular weight excluding hydrogens is 216 g/mol. The van der Waals surface area contributed by atoms with Crippen molar-refractivity contribution in [3.05, 3.63) is 16.1 Å². The van der Waals surface area contributed by atoms with Crippen molar-refractivity contribution in [1.82, 2.24) is 4.98 Å². The SMILES string of the molecule is CC(C)C(CN)c1csc(C2CC2(C)C)n1. The van der Waals surface area contributed by atoms with Crippen molar-refractivity contribution in [2.24, 2.45) is 17.1 Å². The molecular formula is C13H22N2S. The molecule has 0 aromatic carbocycles. The van der Waals surface area contributed by atoms with Crippen molar-refractivity contribution in [2.75, 3.05) is 6.54 Å². The molecule has 0 saturated heterocycles. The van der Waals surface area contributed by atoms with Crippen molar-refractivity contribution in [1.29, 1.82) is 0 Å². The Morgan fingerprint density at radius 2 is 2.19 bits per heavy atom. The van der Waals surface area contributed by atoms with Crippen LogP contribution in [0.4, 0.5) is 0 Å². The second-order valence-corrected chi connectivity index (χ2v) is 6.83. The lowest BCUT2D eigenvalue weighted by atomic mass is 9.93. The van der Waals surface area contributed by atoms with E-state index in [1.165, 1.54) is 17.1 Å². The van der Waals surface area contributed by atoms with Crippen LogP contribution < -0.4 is 5.73 Å². The topological polar surface area (TPSA) is 38.9 Å². The van der Waals surface area contributed by atoms with Crippen LogP contribution >= 0.6 is 11.3 Å². The van der Waals surface area contributed by atoms with Crippen LogP contribution in [0.3, 0.4) is 0 Å². The van der Waals surface area contributed by atoms with Crippen LogP contribution in [-0.4, -0.2) is 11.5 Å². The van der Waals surface area contributed by atoms with Gasteiger partial charge >= 0.3 is 0 Å². The Hall–Kier alpha value is -0.410. The number of rotatable bonds is 4. The van der Waals surface area contributed by atoms with E-state index in [0.717, 1.165) is 0 Å². The molecule has 1 aromatic heterocycles. The zero-order valence-electron chi connectivity index (χ0n) is 10.7. The van der Waals surface area contributed by atoms with Crippen LogP contribution in [0.5, 0.6) is 0 Å². The number of nitrogens with two attached hydrogens (primary N) is 1. The van der Waals surface area contributed by atoms with Gasteiger partial charge in [0.1, 0.15) is 0 Å². The molecule has 2 rings (SSSR count). The van der Waals surface area contributed by atoms with Gasteiger partial charge in [-0.15, -0.1) is 11.3 Å². The third kappa shape index (κ3) is 2.16. The molecule has 1 saturated carbocycles. The van der Waals surface area contributed by atoms with E-state index in [2.05, 4.69) is 33.1 Å². The van der Waals surface area contributed by atoms with E-state index in [9.17, 15) is 0 Å². The Balaban J connectivity index is 2.13. The summed E-state index contributed by atoms with van der Waals surface area (Å²) >= 11 is 1.82. The van der Waals surface area contributed by atoms with Gasteiger partial charge in [-0.05, 0) is 17.8 Å². The molecule has 90 valence electrons. The Labute approximate surface area is 102 Å². The van der Waals surface area contributed by atoms with Gasteiger partial charge in [0.2, 0.25) is 0 Å². The van der Waals surface area contributed by atoms with Crippen LogP contribution in [0.1, 0.15) is 56.7 Å². The average Bonchev–Trinajstić information content (AvgIpc) is 2.62. The van der Waals surface area contributed by atoms with E-state index in [0.29, 0.717) is 29.7 Å². The molecule has 2 nitrogen and oxygen atoms in total. The van der Waals surface area contributed by atoms with Crippen molar-refractivity contribution in [2.45, 2.75) is 46.0 Å². The van der Waals surface area contributed by atoms with E-state index in [4.69, 9.17) is 10.7 Å². The number of hydrogen-bond acceptors (Lipinski definition) is 3. The summed E-state index contributed by atoms with van der Waals surface area (Å²) < 4.78 is 0. The summed E-state index contributed by atoms with van der Waals surface area (Å²) in [7, 11) is 0. The van der Waals surface area contributed by atoms with Gasteiger partial charge < -0.3 is 5.73 Å². The van der Waals surface area contributed by atoms with Gasteiger partial charge in [0.15, 0.2) is 0 Å². The zero-order valence-corrected chi connectivity index (χ0v) is 11.5. The number of thiazole rings is 1. The van der Waals surface area contributed by atoms with Crippen molar-refractivity contribution >= 4 is 11.3 Å². The third-order valence-electron chi connectivity index (χ3n) is 3.79. The van der Waals surface area contributed by atoms with Gasteiger partial charge in [-0.25, -0.2) is 4.98 Å². The molecule has 16 heavy (non-hydrogen) atoms. The Morgan fingerprint density at radius 3 is 2.62 bits per heavy atom. The van der Waals surface area contributed by atoms with Gasteiger partial charge in [0.05, 0.1) is 10.7 Å². The molecule has 1 aromatic rings. The van der Waals surface area contributed by atoms with E-state index in [1.807, 2.05) is 11.3 Å². The first-order valence-corrected chi connectivity index (χ1v) is 6.99. The summed E-state index contributed by atoms with van der Waals surface area (Å²) in [5, 5.41) is 3.53. The fourth-order valence-electron chi connectivity index (χ4n) is 2.25. The number of nitrogens with zero attached hydrogens (tertiary/aromatic N) is 1. The molecule has 0 radical (unpaired) electrons. The lowest BCUT2D eigenvalue weighted by Gasteiger charge is -2.15. The highest BCUT2D eigenvalue weighted by atomic mass is 32.1. The molecule has 2 atom stereocenters. The summed E-state index contributed by atoms with van der Waals surface area (Å²) in [6, 6.07) is 0. The van der Waals surface area contributed by atoms with Crippen LogP contribution in [-0.2, 0) is 0 Å². The molecule has 0 amide bonds. The van der Waals surface area contributed by atoms with Gasteiger partial charge in [0.25, 0.3) is 0 Å². The van der Waals surface area contributed by atoms with Crippen molar-refractivity contribution in [3.63, 3.8) is 0 Å². The van der Waals surface area contributed by atoms with Crippen LogP contribution in [0.2, 0.25) is 0 Å².